The first-order chi connectivity index (χ1) is 15.2. The average Bonchev–Trinajstić information content (AvgIpc) is 3.52. The number of fused-ring (bicyclic) bond motifs is 2. The summed E-state index contributed by atoms with van der Waals surface area (Å²) in [5.74, 6) is 0.929. The van der Waals surface area contributed by atoms with Crippen molar-refractivity contribution in [3.05, 3.63) is 59.7 Å². The van der Waals surface area contributed by atoms with Crippen molar-refractivity contribution in [2.24, 2.45) is 0 Å². The number of imidazole rings is 1. The van der Waals surface area contributed by atoms with E-state index in [4.69, 9.17) is 0 Å². The molecule has 1 aliphatic heterocycles. The molecule has 170 valence electrons. The Kier molecular flexibility index (Phi) is 4.97. The summed E-state index contributed by atoms with van der Waals surface area (Å²) in [7, 11) is -4.79. The van der Waals surface area contributed by atoms with Gasteiger partial charge >= 0.3 is 5.25 Å². The monoisotopic (exact) mass is 461 g/mol. The van der Waals surface area contributed by atoms with Gasteiger partial charge in [-0.25, -0.2) is 18.4 Å². The zero-order chi connectivity index (χ0) is 22.7. The molecule has 2 aliphatic rings. The minimum Gasteiger partial charge on any atom is -0.361 e. The smallest absolute Gasteiger partial charge is 0.356 e. The molecule has 7 nitrogen and oxygen atoms in total. The maximum Gasteiger partial charge on any atom is 0.356 e. The van der Waals surface area contributed by atoms with Gasteiger partial charge in [-0.2, -0.15) is 13.1 Å². The van der Waals surface area contributed by atoms with E-state index in [-0.39, 0.29) is 19.1 Å². The number of sulfonamides is 1. The van der Waals surface area contributed by atoms with Gasteiger partial charge in [0, 0.05) is 44.1 Å². The first-order valence-corrected chi connectivity index (χ1v) is 12.1. The second-order valence-corrected chi connectivity index (χ2v) is 10.9. The highest BCUT2D eigenvalue weighted by Crippen LogP contribution is 2.46. The molecule has 1 fully saturated rings. The maximum atomic E-state index is 14.1. The van der Waals surface area contributed by atoms with Gasteiger partial charge in [-0.05, 0) is 48.9 Å². The van der Waals surface area contributed by atoms with Gasteiger partial charge in [0.15, 0.2) is 0 Å². The molecule has 3 aromatic rings. The zero-order valence-electron chi connectivity index (χ0n) is 17.9. The number of anilines is 1. The quantitative estimate of drug-likeness (QED) is 0.579. The Labute approximate surface area is 185 Å². The molecule has 0 unspecified atom stereocenters. The lowest BCUT2D eigenvalue weighted by molar-refractivity contribution is 0.104. The Balaban J connectivity index is 1.61. The number of halogens is 2. The van der Waals surface area contributed by atoms with E-state index in [1.807, 2.05) is 41.8 Å². The summed E-state index contributed by atoms with van der Waals surface area (Å²) in [4.78, 5) is 10.7. The lowest BCUT2D eigenvalue weighted by atomic mass is 10.0. The molecule has 1 saturated carbocycles. The molecule has 0 saturated heterocycles. The SMILES string of the molecule is C[C@@H]1CN(S(=O)(=O)C(C)(F)F)Cc2c(C3CC3)cccc2N1Cc1cnc2ncccn12. The first kappa shape index (κ1) is 21.3. The van der Waals surface area contributed by atoms with Gasteiger partial charge in [-0.1, -0.05) is 12.1 Å². The number of aromatic nitrogens is 3. The van der Waals surface area contributed by atoms with E-state index in [0.717, 1.165) is 39.7 Å². The van der Waals surface area contributed by atoms with Crippen LogP contribution in [0.3, 0.4) is 0 Å². The van der Waals surface area contributed by atoms with E-state index >= 15 is 0 Å². The Morgan fingerprint density at radius 1 is 1.19 bits per heavy atom. The van der Waals surface area contributed by atoms with Crippen molar-refractivity contribution in [2.45, 2.75) is 57.0 Å². The number of hydrogen-bond donors (Lipinski definition) is 0. The first-order valence-electron chi connectivity index (χ1n) is 10.7. The largest absolute Gasteiger partial charge is 0.361 e. The summed E-state index contributed by atoms with van der Waals surface area (Å²) in [6.07, 6.45) is 7.36. The molecule has 0 amide bonds. The molecular formula is C22H25F2N5O2S. The number of rotatable bonds is 5. The topological polar surface area (TPSA) is 70.8 Å². The summed E-state index contributed by atoms with van der Waals surface area (Å²) < 4.78 is 56.5. The van der Waals surface area contributed by atoms with E-state index in [0.29, 0.717) is 25.2 Å². The third-order valence-corrected chi connectivity index (χ3v) is 8.20. The van der Waals surface area contributed by atoms with Crippen LogP contribution in [-0.4, -0.2) is 44.9 Å². The molecule has 10 heteroatoms. The van der Waals surface area contributed by atoms with E-state index in [1.54, 1.807) is 12.4 Å². The van der Waals surface area contributed by atoms with E-state index in [1.165, 1.54) is 0 Å². The molecule has 0 N–H and O–H groups in total. The van der Waals surface area contributed by atoms with Crippen molar-refractivity contribution in [3.63, 3.8) is 0 Å². The number of benzene rings is 1. The molecule has 3 heterocycles. The van der Waals surface area contributed by atoms with Crippen LogP contribution in [0.15, 0.2) is 42.9 Å². The molecular weight excluding hydrogens is 436 g/mol. The number of nitrogens with zero attached hydrogens (tertiary/aromatic N) is 5. The van der Waals surface area contributed by atoms with E-state index in [2.05, 4.69) is 14.9 Å². The van der Waals surface area contributed by atoms with Gasteiger partial charge < -0.3 is 4.90 Å². The Morgan fingerprint density at radius 2 is 1.97 bits per heavy atom. The maximum absolute atomic E-state index is 14.1. The average molecular weight is 462 g/mol. The summed E-state index contributed by atoms with van der Waals surface area (Å²) in [5.41, 5.74) is 3.65. The summed E-state index contributed by atoms with van der Waals surface area (Å²) >= 11 is 0. The number of hydrogen-bond acceptors (Lipinski definition) is 5. The van der Waals surface area contributed by atoms with Gasteiger partial charge in [0.25, 0.3) is 10.0 Å². The fourth-order valence-corrected chi connectivity index (χ4v) is 5.67. The van der Waals surface area contributed by atoms with E-state index in [9.17, 15) is 17.2 Å². The third kappa shape index (κ3) is 3.55. The van der Waals surface area contributed by atoms with Crippen LogP contribution in [0.5, 0.6) is 0 Å². The van der Waals surface area contributed by atoms with Crippen molar-refractivity contribution in [1.29, 1.82) is 0 Å². The predicted molar refractivity (Wildman–Crippen MR) is 117 cm³/mol. The normalized spacial score (nSPS) is 20.4. The van der Waals surface area contributed by atoms with Crippen LogP contribution in [0.25, 0.3) is 5.78 Å². The van der Waals surface area contributed by atoms with Gasteiger partial charge in [0.2, 0.25) is 5.78 Å². The Hall–Kier alpha value is -2.59. The fourth-order valence-electron chi connectivity index (χ4n) is 4.50. The fraction of sp³-hybridized carbons (Fsp3) is 0.455. The van der Waals surface area contributed by atoms with Crippen molar-refractivity contribution < 1.29 is 17.2 Å². The highest BCUT2D eigenvalue weighted by Gasteiger charge is 2.46. The van der Waals surface area contributed by atoms with Gasteiger partial charge in [0.05, 0.1) is 18.4 Å². The van der Waals surface area contributed by atoms with Crippen LogP contribution in [0, 0.1) is 0 Å². The molecule has 0 radical (unpaired) electrons. The molecule has 32 heavy (non-hydrogen) atoms. The highest BCUT2D eigenvalue weighted by molar-refractivity contribution is 7.90. The van der Waals surface area contributed by atoms with Gasteiger partial charge in [0.1, 0.15) is 0 Å². The second kappa shape index (κ2) is 7.48. The molecule has 1 atom stereocenters. The second-order valence-electron chi connectivity index (χ2n) is 8.74. The van der Waals surface area contributed by atoms with Crippen molar-refractivity contribution >= 4 is 21.5 Å². The van der Waals surface area contributed by atoms with Crippen LogP contribution < -0.4 is 4.90 Å². The summed E-state index contributed by atoms with van der Waals surface area (Å²) in [6, 6.07) is 7.42. The highest BCUT2D eigenvalue weighted by atomic mass is 32.2. The Bertz CT molecular complexity index is 1270. The minimum absolute atomic E-state index is 0.0282. The van der Waals surface area contributed by atoms with Crippen molar-refractivity contribution in [1.82, 2.24) is 18.7 Å². The van der Waals surface area contributed by atoms with Crippen LogP contribution in [-0.2, 0) is 23.1 Å². The van der Waals surface area contributed by atoms with Gasteiger partial charge in [-0.15, -0.1) is 0 Å². The van der Waals surface area contributed by atoms with Crippen LogP contribution >= 0.6 is 0 Å². The van der Waals surface area contributed by atoms with Crippen LogP contribution in [0.4, 0.5) is 14.5 Å². The zero-order valence-corrected chi connectivity index (χ0v) is 18.8. The number of alkyl halides is 2. The summed E-state index contributed by atoms with van der Waals surface area (Å²) in [6.45, 7) is 2.69. The lowest BCUT2D eigenvalue weighted by Crippen LogP contribution is -2.46. The summed E-state index contributed by atoms with van der Waals surface area (Å²) in [5, 5.41) is -3.84. The third-order valence-electron chi connectivity index (χ3n) is 6.34. The standard InChI is InChI=1S/C22H25F2N5O2S/c1-15-12-27(32(30,31)22(2,23)24)14-19-18(16-7-8-16)5-3-6-20(19)29(15)13-17-11-26-21-25-9-4-10-28(17)21/h3-6,9-11,15-16H,7-8,12-14H2,1-2H3/t15-/m1/s1. The van der Waals surface area contributed by atoms with Crippen molar-refractivity contribution in [3.8, 4) is 0 Å². The lowest BCUT2D eigenvalue weighted by Gasteiger charge is -2.32. The molecule has 0 bridgehead atoms. The van der Waals surface area contributed by atoms with Crippen LogP contribution in [0.1, 0.15) is 49.4 Å². The molecule has 2 aromatic heterocycles. The van der Waals surface area contributed by atoms with E-state index < -0.39 is 15.3 Å². The molecule has 1 aromatic carbocycles. The minimum atomic E-state index is -4.79. The molecule has 1 aliphatic carbocycles. The Morgan fingerprint density at radius 3 is 2.69 bits per heavy atom. The predicted octanol–water partition coefficient (Wildman–Crippen LogP) is 3.76. The molecule has 5 rings (SSSR count). The van der Waals surface area contributed by atoms with Crippen molar-refractivity contribution in [2.75, 3.05) is 11.4 Å². The van der Waals surface area contributed by atoms with Gasteiger partial charge in [-0.3, -0.25) is 4.40 Å². The van der Waals surface area contributed by atoms with Crippen LogP contribution in [0.2, 0.25) is 0 Å². The molecule has 0 spiro atoms.